The first-order valence-corrected chi connectivity index (χ1v) is 10.7. The molecular formula is C22H27N3O2S. The van der Waals surface area contributed by atoms with Crippen molar-refractivity contribution >= 4 is 17.1 Å². The first-order chi connectivity index (χ1) is 13.6. The van der Waals surface area contributed by atoms with Gasteiger partial charge in [-0.3, -0.25) is 14.6 Å². The van der Waals surface area contributed by atoms with Gasteiger partial charge in [0.2, 0.25) is 0 Å². The van der Waals surface area contributed by atoms with E-state index < -0.39 is 0 Å². The summed E-state index contributed by atoms with van der Waals surface area (Å²) in [6.45, 7) is 10.2. The van der Waals surface area contributed by atoms with Gasteiger partial charge in [-0.15, -0.1) is 0 Å². The highest BCUT2D eigenvalue weighted by Gasteiger charge is 2.22. The number of Topliss-reactive ketones (excluding diaryl/α,β-unsaturated/α-hetero) is 1. The van der Waals surface area contributed by atoms with Gasteiger partial charge in [0.25, 0.3) is 0 Å². The van der Waals surface area contributed by atoms with Crippen LogP contribution in [0.15, 0.2) is 45.7 Å². The van der Waals surface area contributed by atoms with Gasteiger partial charge in [-0.05, 0) is 54.4 Å². The monoisotopic (exact) mass is 397 g/mol. The number of hydrogen-bond acceptors (Lipinski definition) is 5. The van der Waals surface area contributed by atoms with E-state index in [1.165, 1.54) is 5.56 Å². The highest BCUT2D eigenvalue weighted by Crippen LogP contribution is 2.19. The topological polar surface area (TPSA) is 41.6 Å². The second kappa shape index (κ2) is 8.47. The third kappa shape index (κ3) is 4.29. The van der Waals surface area contributed by atoms with E-state index in [0.29, 0.717) is 13.1 Å². The minimum absolute atomic E-state index is 0.213. The summed E-state index contributed by atoms with van der Waals surface area (Å²) >= 11 is 1.75. The fourth-order valence-electron chi connectivity index (χ4n) is 3.92. The predicted molar refractivity (Wildman–Crippen MR) is 112 cm³/mol. The lowest BCUT2D eigenvalue weighted by Gasteiger charge is -2.34. The van der Waals surface area contributed by atoms with Crippen LogP contribution in [0.1, 0.15) is 33.1 Å². The molecule has 0 amide bonds. The van der Waals surface area contributed by atoms with E-state index in [1.54, 1.807) is 17.6 Å². The number of furan rings is 1. The summed E-state index contributed by atoms with van der Waals surface area (Å²) in [6.07, 6.45) is 1.69. The Hall–Kier alpha value is -2.15. The number of rotatable bonds is 7. The fourth-order valence-corrected chi connectivity index (χ4v) is 4.58. The molecule has 1 fully saturated rings. The van der Waals surface area contributed by atoms with Crippen LogP contribution in [0, 0.1) is 13.8 Å². The maximum absolute atomic E-state index is 12.9. The molecule has 0 unspecified atom stereocenters. The zero-order valence-electron chi connectivity index (χ0n) is 16.6. The molecule has 1 aliphatic heterocycles. The Balaban J connectivity index is 1.34. The summed E-state index contributed by atoms with van der Waals surface area (Å²) in [7, 11) is 0. The van der Waals surface area contributed by atoms with Gasteiger partial charge in [0, 0.05) is 49.7 Å². The van der Waals surface area contributed by atoms with Gasteiger partial charge < -0.3 is 8.98 Å². The summed E-state index contributed by atoms with van der Waals surface area (Å²) in [5, 5.41) is 4.35. The molecule has 0 N–H and O–H groups in total. The van der Waals surface area contributed by atoms with Crippen molar-refractivity contribution in [1.29, 1.82) is 0 Å². The normalized spacial score (nSPS) is 15.9. The van der Waals surface area contributed by atoms with E-state index in [9.17, 15) is 4.79 Å². The Labute approximate surface area is 170 Å². The third-order valence-corrected chi connectivity index (χ3v) is 6.32. The van der Waals surface area contributed by atoms with Gasteiger partial charge in [-0.2, -0.15) is 11.3 Å². The average Bonchev–Trinajstić information content (AvgIpc) is 3.43. The maximum atomic E-state index is 12.9. The van der Waals surface area contributed by atoms with Gasteiger partial charge in [-0.25, -0.2) is 0 Å². The average molecular weight is 398 g/mol. The largest absolute Gasteiger partial charge is 0.467 e. The number of piperazine rings is 1. The molecule has 0 bridgehead atoms. The molecule has 1 aliphatic rings. The lowest BCUT2D eigenvalue weighted by Crippen LogP contribution is -2.47. The molecule has 0 radical (unpaired) electrons. The van der Waals surface area contributed by atoms with E-state index in [-0.39, 0.29) is 5.78 Å². The van der Waals surface area contributed by atoms with E-state index in [4.69, 9.17) is 4.42 Å². The molecule has 0 atom stereocenters. The summed E-state index contributed by atoms with van der Waals surface area (Å²) < 4.78 is 7.63. The second-order valence-corrected chi connectivity index (χ2v) is 8.34. The van der Waals surface area contributed by atoms with Crippen LogP contribution in [0.3, 0.4) is 0 Å². The Kier molecular flexibility index (Phi) is 5.80. The van der Waals surface area contributed by atoms with Gasteiger partial charge in [0.1, 0.15) is 5.76 Å². The minimum Gasteiger partial charge on any atom is -0.467 e. The molecule has 0 saturated carbocycles. The second-order valence-electron chi connectivity index (χ2n) is 7.56. The minimum atomic E-state index is 0.213. The number of carbonyl (C=O) groups excluding carboxylic acids is 1. The van der Waals surface area contributed by atoms with E-state index in [0.717, 1.165) is 55.4 Å². The molecule has 0 aliphatic carbocycles. The molecule has 0 spiro atoms. The van der Waals surface area contributed by atoms with Crippen LogP contribution in [0.2, 0.25) is 0 Å². The van der Waals surface area contributed by atoms with Crippen LogP contribution in [0.4, 0.5) is 0 Å². The first-order valence-electron chi connectivity index (χ1n) is 9.78. The molecule has 3 aromatic rings. The Morgan fingerprint density at radius 2 is 1.89 bits per heavy atom. The van der Waals surface area contributed by atoms with Crippen molar-refractivity contribution < 1.29 is 9.21 Å². The Morgan fingerprint density at radius 3 is 2.57 bits per heavy atom. The molecule has 1 saturated heterocycles. The van der Waals surface area contributed by atoms with Gasteiger partial charge in [0.05, 0.1) is 19.4 Å². The van der Waals surface area contributed by atoms with Crippen LogP contribution in [-0.4, -0.2) is 52.9 Å². The van der Waals surface area contributed by atoms with Gasteiger partial charge >= 0.3 is 0 Å². The highest BCUT2D eigenvalue weighted by atomic mass is 32.1. The van der Waals surface area contributed by atoms with Crippen molar-refractivity contribution in [3.8, 4) is 0 Å². The van der Waals surface area contributed by atoms with Crippen molar-refractivity contribution in [1.82, 2.24) is 14.4 Å². The predicted octanol–water partition coefficient (Wildman–Crippen LogP) is 3.81. The molecule has 5 nitrogen and oxygen atoms in total. The molecule has 3 aromatic heterocycles. The Bertz CT molecular complexity index is 904. The lowest BCUT2D eigenvalue weighted by atomic mass is 10.1. The quantitative estimate of drug-likeness (QED) is 0.569. The molecule has 6 heteroatoms. The summed E-state index contributed by atoms with van der Waals surface area (Å²) in [4.78, 5) is 17.7. The van der Waals surface area contributed by atoms with Crippen molar-refractivity contribution in [3.05, 3.63) is 69.6 Å². The third-order valence-electron chi connectivity index (χ3n) is 5.59. The highest BCUT2D eigenvalue weighted by molar-refractivity contribution is 7.07. The molecule has 28 heavy (non-hydrogen) atoms. The van der Waals surface area contributed by atoms with Crippen LogP contribution < -0.4 is 0 Å². The number of carbonyl (C=O) groups is 1. The molecule has 4 heterocycles. The van der Waals surface area contributed by atoms with Crippen molar-refractivity contribution in [2.45, 2.75) is 26.9 Å². The van der Waals surface area contributed by atoms with E-state index >= 15 is 0 Å². The summed E-state index contributed by atoms with van der Waals surface area (Å²) in [5.41, 5.74) is 4.34. The van der Waals surface area contributed by atoms with Gasteiger partial charge in [0.15, 0.2) is 5.78 Å². The number of nitrogens with zero attached hydrogens (tertiary/aromatic N) is 3. The first kappa shape index (κ1) is 19.2. The van der Waals surface area contributed by atoms with Crippen molar-refractivity contribution in [2.24, 2.45) is 0 Å². The number of ketones is 1. The lowest BCUT2D eigenvalue weighted by molar-refractivity contribution is 0.0843. The van der Waals surface area contributed by atoms with Crippen molar-refractivity contribution in [2.75, 3.05) is 32.7 Å². The van der Waals surface area contributed by atoms with E-state index in [2.05, 4.69) is 38.1 Å². The van der Waals surface area contributed by atoms with Crippen LogP contribution in [-0.2, 0) is 13.1 Å². The van der Waals surface area contributed by atoms with Crippen molar-refractivity contribution in [3.63, 3.8) is 0 Å². The number of hydrogen-bond donors (Lipinski definition) is 0. The van der Waals surface area contributed by atoms with Crippen LogP contribution in [0.25, 0.3) is 0 Å². The standard InChI is InChI=1S/C22H27N3O2S/c1-17-12-21(18(2)25(17)14-20-4-3-10-27-20)22(26)15-24-8-6-23(7-9-24)13-19-5-11-28-16-19/h3-5,10-12,16H,6-9,13-15H2,1-2H3. The summed E-state index contributed by atoms with van der Waals surface area (Å²) in [5.74, 6) is 1.12. The molecule has 148 valence electrons. The molecule has 4 rings (SSSR count). The van der Waals surface area contributed by atoms with Gasteiger partial charge in [-0.1, -0.05) is 0 Å². The van der Waals surface area contributed by atoms with E-state index in [1.807, 2.05) is 25.1 Å². The van der Waals surface area contributed by atoms with Crippen LogP contribution >= 0.6 is 11.3 Å². The number of thiophene rings is 1. The maximum Gasteiger partial charge on any atom is 0.178 e. The number of aromatic nitrogens is 1. The smallest absolute Gasteiger partial charge is 0.178 e. The summed E-state index contributed by atoms with van der Waals surface area (Å²) in [6, 6.07) is 8.08. The molecule has 0 aromatic carbocycles. The fraction of sp³-hybridized carbons (Fsp3) is 0.409. The Morgan fingerprint density at radius 1 is 1.11 bits per heavy atom. The molecular weight excluding hydrogens is 370 g/mol. The SMILES string of the molecule is Cc1cc(C(=O)CN2CCN(Cc3ccsc3)CC2)c(C)n1Cc1ccco1. The zero-order valence-corrected chi connectivity index (χ0v) is 17.4. The van der Waals surface area contributed by atoms with Crippen LogP contribution in [0.5, 0.6) is 0 Å². The zero-order chi connectivity index (χ0) is 19.5. The number of aryl methyl sites for hydroxylation is 1.